The predicted molar refractivity (Wildman–Crippen MR) is 209 cm³/mol. The SMILES string of the molecule is C1=CC2Oc3ccccc3C2C=C1C1=NC(c2ccccc2)NC(c2c(-c3ccc4c(c3)sc3ccccc34)ccc3oc4ccccc4c23)=N1. The molecule has 2 aliphatic heterocycles. The Kier molecular flexibility index (Phi) is 6.24. The largest absolute Gasteiger partial charge is 0.485 e. The Balaban J connectivity index is 1.14. The molecule has 0 fully saturated rings. The van der Waals surface area contributed by atoms with Crippen LogP contribution < -0.4 is 10.1 Å². The van der Waals surface area contributed by atoms with E-state index in [9.17, 15) is 0 Å². The molecule has 0 radical (unpaired) electrons. The van der Waals surface area contributed by atoms with Crippen LogP contribution >= 0.6 is 11.3 Å². The second-order valence-corrected chi connectivity index (χ2v) is 14.4. The maximum atomic E-state index is 6.47. The second kappa shape index (κ2) is 11.1. The van der Waals surface area contributed by atoms with E-state index in [0.29, 0.717) is 5.84 Å². The van der Waals surface area contributed by atoms with Crippen LogP contribution in [0, 0.1) is 0 Å². The van der Waals surface area contributed by atoms with Crippen LogP contribution in [0.5, 0.6) is 5.75 Å². The fourth-order valence-electron chi connectivity index (χ4n) is 7.91. The summed E-state index contributed by atoms with van der Waals surface area (Å²) in [5.74, 6) is 2.48. The van der Waals surface area contributed by atoms with Gasteiger partial charge in [0.15, 0.2) is 5.84 Å². The normalized spacial score (nSPS) is 19.4. The van der Waals surface area contributed by atoms with Gasteiger partial charge in [-0.1, -0.05) is 109 Å². The van der Waals surface area contributed by atoms with Crippen molar-refractivity contribution in [1.29, 1.82) is 0 Å². The molecular weight excluding hydrogens is 647 g/mol. The van der Waals surface area contributed by atoms with Gasteiger partial charge < -0.3 is 14.5 Å². The Morgan fingerprint density at radius 2 is 1.49 bits per heavy atom. The van der Waals surface area contributed by atoms with Crippen LogP contribution in [0.15, 0.2) is 172 Å². The summed E-state index contributed by atoms with van der Waals surface area (Å²) in [6, 6.07) is 46.7. The molecule has 3 aliphatic rings. The quantitative estimate of drug-likeness (QED) is 0.202. The van der Waals surface area contributed by atoms with Crippen LogP contribution in [0.1, 0.15) is 28.8 Å². The molecule has 0 bridgehead atoms. The Morgan fingerprint density at radius 3 is 2.43 bits per heavy atom. The van der Waals surface area contributed by atoms with Crippen LogP contribution in [0.3, 0.4) is 0 Å². The van der Waals surface area contributed by atoms with Crippen LogP contribution in [0.25, 0.3) is 53.2 Å². The Bertz CT molecular complexity index is 2840. The molecule has 11 rings (SSSR count). The van der Waals surface area contributed by atoms with Gasteiger partial charge in [0.25, 0.3) is 0 Å². The minimum atomic E-state index is -0.348. The van der Waals surface area contributed by atoms with Crippen molar-refractivity contribution in [3.63, 3.8) is 0 Å². The van der Waals surface area contributed by atoms with Crippen LogP contribution in [-0.4, -0.2) is 17.8 Å². The number of ether oxygens (including phenoxy) is 1. The van der Waals surface area contributed by atoms with Crippen molar-refractivity contribution in [1.82, 2.24) is 5.32 Å². The number of furan rings is 1. The molecule has 8 aromatic rings. The van der Waals surface area contributed by atoms with E-state index < -0.39 is 0 Å². The summed E-state index contributed by atoms with van der Waals surface area (Å²) < 4.78 is 15.3. The highest BCUT2D eigenvalue weighted by atomic mass is 32.1. The van der Waals surface area contributed by atoms with Crippen molar-refractivity contribution in [3.8, 4) is 16.9 Å². The third-order valence-electron chi connectivity index (χ3n) is 10.3. The fourth-order valence-corrected chi connectivity index (χ4v) is 9.05. The second-order valence-electron chi connectivity index (χ2n) is 13.3. The van der Waals surface area contributed by atoms with Gasteiger partial charge in [-0.3, -0.25) is 0 Å². The first kappa shape index (κ1) is 28.6. The number of fused-ring (bicyclic) bond motifs is 9. The average molecular weight is 676 g/mol. The highest BCUT2D eigenvalue weighted by Gasteiger charge is 2.35. The fraction of sp³-hybridized carbons (Fsp3) is 0.0667. The maximum absolute atomic E-state index is 6.47. The molecule has 242 valence electrons. The van der Waals surface area contributed by atoms with Crippen molar-refractivity contribution in [2.75, 3.05) is 0 Å². The minimum Gasteiger partial charge on any atom is -0.485 e. The van der Waals surface area contributed by atoms with Gasteiger partial charge in [0.05, 0.1) is 0 Å². The van der Waals surface area contributed by atoms with Gasteiger partial charge in [0.2, 0.25) is 0 Å². The van der Waals surface area contributed by atoms with Gasteiger partial charge in [0.1, 0.15) is 35.0 Å². The zero-order valence-electron chi connectivity index (χ0n) is 27.3. The number of hydrogen-bond donors (Lipinski definition) is 1. The molecule has 3 unspecified atom stereocenters. The van der Waals surface area contributed by atoms with E-state index >= 15 is 0 Å². The highest BCUT2D eigenvalue weighted by molar-refractivity contribution is 7.25. The van der Waals surface area contributed by atoms with Gasteiger partial charge in [-0.05, 0) is 59.2 Å². The lowest BCUT2D eigenvalue weighted by molar-refractivity contribution is 0.268. The van der Waals surface area contributed by atoms with Gasteiger partial charge in [-0.25, -0.2) is 9.98 Å². The number of rotatable bonds is 4. The number of thiophene rings is 1. The minimum absolute atomic E-state index is 0.0386. The lowest BCUT2D eigenvalue weighted by Crippen LogP contribution is -2.34. The monoisotopic (exact) mass is 675 g/mol. The topological polar surface area (TPSA) is 59.1 Å². The summed E-state index contributed by atoms with van der Waals surface area (Å²) in [7, 11) is 0. The number of hydrogen-bond acceptors (Lipinski definition) is 6. The first-order chi connectivity index (χ1) is 25.2. The molecule has 3 atom stereocenters. The molecule has 1 aliphatic carbocycles. The Labute approximate surface area is 297 Å². The van der Waals surface area contributed by atoms with E-state index in [1.807, 2.05) is 41.7 Å². The smallest absolute Gasteiger partial charge is 0.159 e. The lowest BCUT2D eigenvalue weighted by Gasteiger charge is -2.26. The van der Waals surface area contributed by atoms with Crippen molar-refractivity contribution in [2.24, 2.45) is 9.98 Å². The van der Waals surface area contributed by atoms with Crippen LogP contribution in [-0.2, 0) is 0 Å². The first-order valence-corrected chi connectivity index (χ1v) is 18.1. The molecule has 0 saturated heterocycles. The number of aliphatic imine (C=N–C) groups is 2. The molecule has 0 saturated carbocycles. The predicted octanol–water partition coefficient (Wildman–Crippen LogP) is 11.1. The first-order valence-electron chi connectivity index (χ1n) is 17.3. The number of para-hydroxylation sites is 2. The zero-order chi connectivity index (χ0) is 33.5. The summed E-state index contributed by atoms with van der Waals surface area (Å²) in [6.07, 6.45) is 6.15. The van der Waals surface area contributed by atoms with E-state index in [1.54, 1.807) is 0 Å². The molecule has 51 heavy (non-hydrogen) atoms. The molecule has 1 N–H and O–H groups in total. The number of benzene rings is 6. The maximum Gasteiger partial charge on any atom is 0.159 e. The molecule has 6 aromatic carbocycles. The third-order valence-corrected chi connectivity index (χ3v) is 11.4. The summed E-state index contributed by atoms with van der Waals surface area (Å²) in [5.41, 5.74) is 8.11. The molecular formula is C45H29N3O2S. The molecule has 5 nitrogen and oxygen atoms in total. The molecule has 6 heteroatoms. The third kappa shape index (κ3) is 4.53. The Hall–Kier alpha value is -6.24. The van der Waals surface area contributed by atoms with Gasteiger partial charge in [-0.2, -0.15) is 0 Å². The molecule has 2 aromatic heterocycles. The van der Waals surface area contributed by atoms with Crippen LogP contribution in [0.4, 0.5) is 0 Å². The molecule has 0 spiro atoms. The lowest BCUT2D eigenvalue weighted by atomic mass is 9.88. The zero-order valence-corrected chi connectivity index (χ0v) is 28.1. The molecule has 0 amide bonds. The standard InChI is InChI=1S/C45H29N3O2S/c1-2-10-26(11-3-1)43-46-44(28-19-22-37-34(24-28)30-12-4-7-15-35(30)49-37)48-45(47-43)42-29(21-23-38-41(42)33-14-5-8-16-36(33)50-38)27-18-20-32-31-13-6-9-17-39(31)51-40(32)25-27/h1-25,34,37,43H,(H,46,47,48). The Morgan fingerprint density at radius 1 is 0.686 bits per heavy atom. The summed E-state index contributed by atoms with van der Waals surface area (Å²) in [4.78, 5) is 10.7. The van der Waals surface area contributed by atoms with Gasteiger partial charge in [-0.15, -0.1) is 11.3 Å². The van der Waals surface area contributed by atoms with E-state index in [0.717, 1.165) is 61.4 Å². The highest BCUT2D eigenvalue weighted by Crippen LogP contribution is 2.44. The van der Waals surface area contributed by atoms with E-state index in [1.165, 1.54) is 25.7 Å². The van der Waals surface area contributed by atoms with Crippen molar-refractivity contribution in [2.45, 2.75) is 18.2 Å². The van der Waals surface area contributed by atoms with Crippen LogP contribution in [0.2, 0.25) is 0 Å². The van der Waals surface area contributed by atoms with Crippen molar-refractivity contribution >= 4 is 65.1 Å². The van der Waals surface area contributed by atoms with E-state index in [2.05, 4.69) is 127 Å². The summed E-state index contributed by atoms with van der Waals surface area (Å²) >= 11 is 1.83. The number of nitrogens with one attached hydrogen (secondary N) is 1. The summed E-state index contributed by atoms with van der Waals surface area (Å²) in [5, 5.41) is 8.43. The van der Waals surface area contributed by atoms with Crippen molar-refractivity contribution in [3.05, 3.63) is 174 Å². The average Bonchev–Trinajstić information content (AvgIpc) is 3.88. The summed E-state index contributed by atoms with van der Waals surface area (Å²) in [6.45, 7) is 0. The number of nitrogens with zero attached hydrogens (tertiary/aromatic N) is 2. The number of amidine groups is 2. The molecule has 4 heterocycles. The van der Waals surface area contributed by atoms with Crippen molar-refractivity contribution < 1.29 is 9.15 Å². The van der Waals surface area contributed by atoms with Gasteiger partial charge in [0, 0.05) is 53.6 Å². The van der Waals surface area contributed by atoms with E-state index in [4.69, 9.17) is 19.1 Å². The van der Waals surface area contributed by atoms with E-state index in [-0.39, 0.29) is 18.2 Å². The van der Waals surface area contributed by atoms with Gasteiger partial charge >= 0.3 is 0 Å².